The van der Waals surface area contributed by atoms with E-state index in [0.29, 0.717) is 24.5 Å². The Bertz CT molecular complexity index is 583. The Balaban J connectivity index is 1.96. The van der Waals surface area contributed by atoms with E-state index in [1.807, 2.05) is 26.8 Å². The summed E-state index contributed by atoms with van der Waals surface area (Å²) >= 11 is 0. The average molecular weight is 348 g/mol. The van der Waals surface area contributed by atoms with Gasteiger partial charge < -0.3 is 19.7 Å². The van der Waals surface area contributed by atoms with Crippen molar-refractivity contribution in [2.24, 2.45) is 0 Å². The zero-order chi connectivity index (χ0) is 18.2. The van der Waals surface area contributed by atoms with Crippen molar-refractivity contribution >= 4 is 11.8 Å². The lowest BCUT2D eigenvalue weighted by Crippen LogP contribution is -2.42. The number of nitrogens with one attached hydrogen (secondary N) is 1. The molecule has 0 aromatic heterocycles. The highest BCUT2D eigenvalue weighted by molar-refractivity contribution is 5.96. The van der Waals surface area contributed by atoms with Gasteiger partial charge in [0.05, 0.1) is 12.6 Å². The molecule has 2 rings (SSSR count). The number of benzene rings is 1. The van der Waals surface area contributed by atoms with Crippen LogP contribution in [0.1, 0.15) is 44.0 Å². The third-order valence-electron chi connectivity index (χ3n) is 3.99. The standard InChI is InChI=1S/C19H28N2O4/c1-4-21(12-18(22)20-14(2)3)19(23)15-7-5-8-16(11-15)25-13-17-9-6-10-24-17/h5,7-8,11,14,17H,4,6,9-10,12-13H2,1-3H3,(H,20,22). The highest BCUT2D eigenvalue weighted by Gasteiger charge is 2.19. The van der Waals surface area contributed by atoms with Crippen LogP contribution < -0.4 is 10.1 Å². The lowest BCUT2D eigenvalue weighted by molar-refractivity contribution is -0.122. The van der Waals surface area contributed by atoms with Crippen molar-refractivity contribution in [1.29, 1.82) is 0 Å². The molecule has 0 aliphatic carbocycles. The van der Waals surface area contributed by atoms with Gasteiger partial charge in [0, 0.05) is 24.8 Å². The molecule has 1 fully saturated rings. The molecule has 0 bridgehead atoms. The number of carbonyl (C=O) groups excluding carboxylic acids is 2. The average Bonchev–Trinajstić information content (AvgIpc) is 3.10. The van der Waals surface area contributed by atoms with E-state index >= 15 is 0 Å². The second-order valence-corrected chi connectivity index (χ2v) is 6.52. The molecule has 1 aliphatic rings. The highest BCUT2D eigenvalue weighted by atomic mass is 16.5. The minimum absolute atomic E-state index is 0.0501. The van der Waals surface area contributed by atoms with E-state index in [4.69, 9.17) is 9.47 Å². The molecule has 1 aliphatic heterocycles. The molecule has 6 nitrogen and oxygen atoms in total. The quantitative estimate of drug-likeness (QED) is 0.782. The van der Waals surface area contributed by atoms with Gasteiger partial charge in [-0.25, -0.2) is 0 Å². The zero-order valence-electron chi connectivity index (χ0n) is 15.3. The van der Waals surface area contributed by atoms with E-state index in [-0.39, 0.29) is 30.5 Å². The number of carbonyl (C=O) groups is 2. The lowest BCUT2D eigenvalue weighted by atomic mass is 10.2. The van der Waals surface area contributed by atoms with Crippen molar-refractivity contribution in [2.45, 2.75) is 45.8 Å². The van der Waals surface area contributed by atoms with E-state index in [1.165, 1.54) is 4.90 Å². The van der Waals surface area contributed by atoms with Crippen molar-refractivity contribution in [2.75, 3.05) is 26.3 Å². The molecule has 0 saturated carbocycles. The van der Waals surface area contributed by atoms with Gasteiger partial charge in [0.1, 0.15) is 12.4 Å². The maximum atomic E-state index is 12.7. The van der Waals surface area contributed by atoms with Crippen LogP contribution in [0.15, 0.2) is 24.3 Å². The van der Waals surface area contributed by atoms with Crippen LogP contribution in [0, 0.1) is 0 Å². The summed E-state index contributed by atoms with van der Waals surface area (Å²) in [7, 11) is 0. The maximum absolute atomic E-state index is 12.7. The van der Waals surface area contributed by atoms with Crippen LogP contribution in [0.2, 0.25) is 0 Å². The number of nitrogens with zero attached hydrogens (tertiary/aromatic N) is 1. The van der Waals surface area contributed by atoms with Gasteiger partial charge in [0.2, 0.25) is 5.91 Å². The minimum Gasteiger partial charge on any atom is -0.491 e. The summed E-state index contributed by atoms with van der Waals surface area (Å²) in [5.74, 6) is 0.309. The van der Waals surface area contributed by atoms with Crippen molar-refractivity contribution in [3.63, 3.8) is 0 Å². The molecule has 2 amide bonds. The summed E-state index contributed by atoms with van der Waals surface area (Å²) in [6.45, 7) is 7.44. The summed E-state index contributed by atoms with van der Waals surface area (Å²) < 4.78 is 11.3. The predicted octanol–water partition coefficient (Wildman–Crippen LogP) is 2.23. The first-order valence-corrected chi connectivity index (χ1v) is 8.92. The first-order chi connectivity index (χ1) is 12.0. The molecule has 0 spiro atoms. The molecule has 0 radical (unpaired) electrons. The van der Waals surface area contributed by atoms with Gasteiger partial charge in [0.25, 0.3) is 5.91 Å². The second-order valence-electron chi connectivity index (χ2n) is 6.52. The maximum Gasteiger partial charge on any atom is 0.254 e. The van der Waals surface area contributed by atoms with Crippen LogP contribution in [-0.4, -0.2) is 55.2 Å². The number of rotatable bonds is 8. The van der Waals surface area contributed by atoms with Crippen molar-refractivity contribution in [3.05, 3.63) is 29.8 Å². The zero-order valence-corrected chi connectivity index (χ0v) is 15.3. The van der Waals surface area contributed by atoms with Crippen LogP contribution >= 0.6 is 0 Å². The fourth-order valence-electron chi connectivity index (χ4n) is 2.73. The van der Waals surface area contributed by atoms with Gasteiger partial charge >= 0.3 is 0 Å². The van der Waals surface area contributed by atoms with Gasteiger partial charge in [-0.1, -0.05) is 6.07 Å². The Morgan fingerprint density at radius 2 is 2.20 bits per heavy atom. The fraction of sp³-hybridized carbons (Fsp3) is 0.579. The smallest absolute Gasteiger partial charge is 0.254 e. The molecule has 1 heterocycles. The first kappa shape index (κ1) is 19.2. The summed E-state index contributed by atoms with van der Waals surface area (Å²) in [5.41, 5.74) is 0.518. The van der Waals surface area contributed by atoms with E-state index in [2.05, 4.69) is 5.32 Å². The normalized spacial score (nSPS) is 16.7. The van der Waals surface area contributed by atoms with E-state index in [1.54, 1.807) is 18.2 Å². The molecule has 1 saturated heterocycles. The van der Waals surface area contributed by atoms with Crippen molar-refractivity contribution in [1.82, 2.24) is 10.2 Å². The fourth-order valence-corrected chi connectivity index (χ4v) is 2.73. The summed E-state index contributed by atoms with van der Waals surface area (Å²) in [6.07, 6.45) is 2.20. The van der Waals surface area contributed by atoms with Crippen LogP contribution in [0.5, 0.6) is 5.75 Å². The van der Waals surface area contributed by atoms with Gasteiger partial charge in [-0.2, -0.15) is 0 Å². The van der Waals surface area contributed by atoms with Crippen molar-refractivity contribution in [3.8, 4) is 5.75 Å². The Morgan fingerprint density at radius 3 is 2.84 bits per heavy atom. The van der Waals surface area contributed by atoms with Gasteiger partial charge in [-0.15, -0.1) is 0 Å². The molecule has 1 N–H and O–H groups in total. The number of likely N-dealkylation sites (N-methyl/N-ethyl adjacent to an activating group) is 1. The number of hydrogen-bond acceptors (Lipinski definition) is 4. The molecule has 25 heavy (non-hydrogen) atoms. The Hall–Kier alpha value is -2.08. The molecule has 1 aromatic carbocycles. The summed E-state index contributed by atoms with van der Waals surface area (Å²) in [6, 6.07) is 7.13. The van der Waals surface area contributed by atoms with Crippen LogP contribution in [0.25, 0.3) is 0 Å². The van der Waals surface area contributed by atoms with Gasteiger partial charge in [0.15, 0.2) is 0 Å². The number of hydrogen-bond donors (Lipinski definition) is 1. The third-order valence-corrected chi connectivity index (χ3v) is 3.99. The van der Waals surface area contributed by atoms with E-state index in [0.717, 1.165) is 19.4 Å². The van der Waals surface area contributed by atoms with Crippen LogP contribution in [-0.2, 0) is 9.53 Å². The largest absolute Gasteiger partial charge is 0.491 e. The Kier molecular flexibility index (Phi) is 7.25. The highest BCUT2D eigenvalue weighted by Crippen LogP contribution is 2.18. The molecule has 1 unspecified atom stereocenters. The van der Waals surface area contributed by atoms with E-state index in [9.17, 15) is 9.59 Å². The van der Waals surface area contributed by atoms with Crippen LogP contribution in [0.3, 0.4) is 0 Å². The second kappa shape index (κ2) is 9.42. The molecule has 1 aromatic rings. The van der Waals surface area contributed by atoms with Crippen molar-refractivity contribution < 1.29 is 19.1 Å². The third kappa shape index (κ3) is 6.05. The molecule has 6 heteroatoms. The summed E-state index contributed by atoms with van der Waals surface area (Å²) in [5, 5.41) is 2.81. The summed E-state index contributed by atoms with van der Waals surface area (Å²) in [4.78, 5) is 26.1. The number of ether oxygens (including phenoxy) is 2. The molecular formula is C19H28N2O4. The molecule has 138 valence electrons. The van der Waals surface area contributed by atoms with Gasteiger partial charge in [-0.05, 0) is 51.8 Å². The Morgan fingerprint density at radius 1 is 1.40 bits per heavy atom. The van der Waals surface area contributed by atoms with E-state index < -0.39 is 0 Å². The molecular weight excluding hydrogens is 320 g/mol. The topological polar surface area (TPSA) is 67.9 Å². The monoisotopic (exact) mass is 348 g/mol. The lowest BCUT2D eigenvalue weighted by Gasteiger charge is -2.21. The SMILES string of the molecule is CCN(CC(=O)NC(C)C)C(=O)c1cccc(OCC2CCCO2)c1. The predicted molar refractivity (Wildman–Crippen MR) is 95.8 cm³/mol. The van der Waals surface area contributed by atoms with Gasteiger partial charge in [-0.3, -0.25) is 9.59 Å². The minimum atomic E-state index is -0.177. The Labute approximate surface area is 149 Å². The van der Waals surface area contributed by atoms with Crippen LogP contribution in [0.4, 0.5) is 0 Å². The first-order valence-electron chi connectivity index (χ1n) is 8.92. The molecule has 1 atom stereocenters. The number of amides is 2.